The first-order chi connectivity index (χ1) is 15.0. The van der Waals surface area contributed by atoms with Gasteiger partial charge in [0.05, 0.1) is 11.6 Å². The van der Waals surface area contributed by atoms with E-state index in [2.05, 4.69) is 0 Å². The maximum atomic E-state index is 13.1. The summed E-state index contributed by atoms with van der Waals surface area (Å²) in [6.07, 6.45) is 2.00. The highest BCUT2D eigenvalue weighted by Gasteiger charge is 2.40. The first-order valence-corrected chi connectivity index (χ1v) is 11.0. The Labute approximate surface area is 184 Å². The van der Waals surface area contributed by atoms with E-state index in [-0.39, 0.29) is 11.3 Å². The molecule has 1 aliphatic rings. The quantitative estimate of drug-likeness (QED) is 0.527. The maximum absolute atomic E-state index is 13.1. The summed E-state index contributed by atoms with van der Waals surface area (Å²) in [7, 11) is 0. The summed E-state index contributed by atoms with van der Waals surface area (Å²) in [5.74, 6) is -1.74. The molecule has 0 fully saturated rings. The first-order valence-electron chi connectivity index (χ1n) is 9.75. The van der Waals surface area contributed by atoms with Crippen LogP contribution >= 0.6 is 11.8 Å². The lowest BCUT2D eigenvalue weighted by atomic mass is 9.93. The Balaban J connectivity index is 1.77. The largest absolute Gasteiger partial charge is 0.503 e. The van der Waals surface area contributed by atoms with Crippen molar-refractivity contribution in [3.63, 3.8) is 0 Å². The summed E-state index contributed by atoms with van der Waals surface area (Å²) in [4.78, 5) is 27.1. The van der Waals surface area contributed by atoms with Gasteiger partial charge >= 0.3 is 5.97 Å². The minimum absolute atomic E-state index is 0.168. The normalized spacial score (nSPS) is 16.1. The van der Waals surface area contributed by atoms with Crippen molar-refractivity contribution >= 4 is 29.2 Å². The third-order valence-corrected chi connectivity index (χ3v) is 6.12. The molecule has 0 unspecified atom stereocenters. The number of thioether (sulfide) groups is 1. The van der Waals surface area contributed by atoms with Gasteiger partial charge in [0.2, 0.25) is 0 Å². The fourth-order valence-electron chi connectivity index (χ4n) is 3.81. The molecular weight excluding hydrogens is 410 g/mol. The van der Waals surface area contributed by atoms with Gasteiger partial charge in [0.1, 0.15) is 0 Å². The number of carbonyl (C=O) groups is 2. The standard InChI is InChI=1S/C25H21NO4S/c1-31-20-13-7-16(8-14-20)15-26-22(18-9-11-19(12-10-18)25(29)30)21(23(27)24(26)28)17-5-3-2-4-6-17/h2-14,22,27H,15H2,1H3,(H,29,30)/t22-/m0/s1. The summed E-state index contributed by atoms with van der Waals surface area (Å²) in [6.45, 7) is 0.319. The van der Waals surface area contributed by atoms with Crippen molar-refractivity contribution in [2.24, 2.45) is 0 Å². The Morgan fingerprint density at radius 3 is 2.19 bits per heavy atom. The molecule has 3 aromatic carbocycles. The molecule has 2 N–H and O–H groups in total. The molecule has 4 rings (SSSR count). The molecule has 1 aliphatic heterocycles. The minimum Gasteiger partial charge on any atom is -0.503 e. The average Bonchev–Trinajstić information content (AvgIpc) is 3.05. The van der Waals surface area contributed by atoms with Crippen molar-refractivity contribution in [3.05, 3.63) is 107 Å². The van der Waals surface area contributed by atoms with Gasteiger partial charge in [-0.1, -0.05) is 54.6 Å². The third-order valence-electron chi connectivity index (χ3n) is 5.37. The van der Waals surface area contributed by atoms with Gasteiger partial charge in [0, 0.05) is 17.0 Å². The molecule has 1 amide bonds. The molecule has 0 aliphatic carbocycles. The monoisotopic (exact) mass is 431 g/mol. The van der Waals surface area contributed by atoms with Crippen molar-refractivity contribution in [3.8, 4) is 0 Å². The van der Waals surface area contributed by atoms with Crippen LogP contribution in [0.15, 0.2) is 89.5 Å². The van der Waals surface area contributed by atoms with E-state index in [9.17, 15) is 19.8 Å². The smallest absolute Gasteiger partial charge is 0.335 e. The highest BCUT2D eigenvalue weighted by atomic mass is 32.2. The zero-order valence-corrected chi connectivity index (χ0v) is 17.7. The molecule has 1 atom stereocenters. The van der Waals surface area contributed by atoms with Gasteiger partial charge in [-0.3, -0.25) is 4.79 Å². The number of benzene rings is 3. The molecule has 3 aromatic rings. The van der Waals surface area contributed by atoms with Crippen LogP contribution in [-0.4, -0.2) is 33.2 Å². The number of hydrogen-bond acceptors (Lipinski definition) is 4. The molecule has 1 heterocycles. The van der Waals surface area contributed by atoms with Gasteiger partial charge in [0.25, 0.3) is 5.91 Å². The highest BCUT2D eigenvalue weighted by Crippen LogP contribution is 2.43. The minimum atomic E-state index is -1.01. The third kappa shape index (κ3) is 4.07. The Morgan fingerprint density at radius 2 is 1.61 bits per heavy atom. The molecule has 0 spiro atoms. The van der Waals surface area contributed by atoms with Crippen LogP contribution in [-0.2, 0) is 11.3 Å². The van der Waals surface area contributed by atoms with E-state index in [1.54, 1.807) is 28.8 Å². The molecule has 5 nitrogen and oxygen atoms in total. The van der Waals surface area contributed by atoms with Gasteiger partial charge in [-0.05, 0) is 47.2 Å². The second-order valence-electron chi connectivity index (χ2n) is 7.24. The second kappa shape index (κ2) is 8.70. The Bertz CT molecular complexity index is 1140. The summed E-state index contributed by atoms with van der Waals surface area (Å²) in [6, 6.07) is 23.2. The average molecular weight is 432 g/mol. The number of carboxylic acid groups (broad SMARTS) is 1. The van der Waals surface area contributed by atoms with Crippen LogP contribution in [0.4, 0.5) is 0 Å². The van der Waals surface area contributed by atoms with Gasteiger partial charge in [-0.25, -0.2) is 4.79 Å². The lowest BCUT2D eigenvalue weighted by Crippen LogP contribution is -2.29. The van der Waals surface area contributed by atoms with Crippen LogP contribution in [0.25, 0.3) is 5.57 Å². The molecule has 6 heteroatoms. The lowest BCUT2D eigenvalue weighted by Gasteiger charge is -2.27. The lowest BCUT2D eigenvalue weighted by molar-refractivity contribution is -0.130. The Morgan fingerprint density at radius 1 is 0.968 bits per heavy atom. The zero-order valence-electron chi connectivity index (χ0n) is 16.9. The number of nitrogens with zero attached hydrogens (tertiary/aromatic N) is 1. The van der Waals surface area contributed by atoms with Crippen molar-refractivity contribution < 1.29 is 19.8 Å². The first kappa shape index (κ1) is 20.8. The predicted octanol–water partition coefficient (Wildman–Crippen LogP) is 5.16. The van der Waals surface area contributed by atoms with Crippen molar-refractivity contribution in [1.82, 2.24) is 4.90 Å². The Hall–Kier alpha value is -3.51. The molecule has 0 saturated carbocycles. The highest BCUT2D eigenvalue weighted by molar-refractivity contribution is 7.98. The van der Waals surface area contributed by atoms with Crippen molar-refractivity contribution in [1.29, 1.82) is 0 Å². The summed E-state index contributed by atoms with van der Waals surface area (Å²) >= 11 is 1.64. The number of aromatic carboxylic acids is 1. The van der Waals surface area contributed by atoms with Gasteiger partial charge in [-0.2, -0.15) is 0 Å². The van der Waals surface area contributed by atoms with Crippen molar-refractivity contribution in [2.45, 2.75) is 17.5 Å². The van der Waals surface area contributed by atoms with Crippen LogP contribution in [0.2, 0.25) is 0 Å². The molecule has 31 heavy (non-hydrogen) atoms. The van der Waals surface area contributed by atoms with Crippen molar-refractivity contribution in [2.75, 3.05) is 6.26 Å². The number of amides is 1. The van der Waals surface area contributed by atoms with Crippen LogP contribution in [0.1, 0.15) is 33.1 Å². The second-order valence-corrected chi connectivity index (χ2v) is 8.12. The van der Waals surface area contributed by atoms with E-state index in [0.29, 0.717) is 12.1 Å². The fourth-order valence-corrected chi connectivity index (χ4v) is 4.22. The number of hydrogen-bond donors (Lipinski definition) is 2. The molecule has 0 aromatic heterocycles. The van der Waals surface area contributed by atoms with Crippen LogP contribution in [0, 0.1) is 0 Å². The number of carbonyl (C=O) groups excluding carboxylic acids is 1. The predicted molar refractivity (Wildman–Crippen MR) is 121 cm³/mol. The maximum Gasteiger partial charge on any atom is 0.335 e. The van der Waals surface area contributed by atoms with Gasteiger partial charge in [-0.15, -0.1) is 11.8 Å². The molecule has 0 bridgehead atoms. The van der Waals surface area contributed by atoms with Gasteiger partial charge < -0.3 is 15.1 Å². The summed E-state index contributed by atoms with van der Waals surface area (Å²) in [5, 5.41) is 20.0. The number of aliphatic hydroxyl groups excluding tert-OH is 1. The molecule has 0 radical (unpaired) electrons. The van der Waals surface area contributed by atoms with Crippen LogP contribution in [0.3, 0.4) is 0 Å². The molecular formula is C25H21NO4S. The van der Waals surface area contributed by atoms with Crippen LogP contribution in [0.5, 0.6) is 0 Å². The summed E-state index contributed by atoms with van der Waals surface area (Å²) < 4.78 is 0. The van der Waals surface area contributed by atoms with E-state index < -0.39 is 17.9 Å². The van der Waals surface area contributed by atoms with E-state index in [1.807, 2.05) is 60.9 Å². The number of carboxylic acids is 1. The summed E-state index contributed by atoms with van der Waals surface area (Å²) in [5.41, 5.74) is 3.12. The fraction of sp³-hybridized carbons (Fsp3) is 0.120. The Kier molecular flexibility index (Phi) is 5.82. The SMILES string of the molecule is CSc1ccc(CN2C(=O)C(O)=C(c3ccccc3)[C@@H]2c2ccc(C(=O)O)cc2)cc1. The zero-order chi connectivity index (χ0) is 22.0. The number of rotatable bonds is 6. The molecule has 156 valence electrons. The van der Waals surface area contributed by atoms with Crippen LogP contribution < -0.4 is 0 Å². The van der Waals surface area contributed by atoms with Gasteiger partial charge in [0.15, 0.2) is 5.76 Å². The van der Waals surface area contributed by atoms with E-state index in [4.69, 9.17) is 0 Å². The number of aliphatic hydroxyl groups is 1. The van der Waals surface area contributed by atoms with E-state index in [1.165, 1.54) is 12.1 Å². The van der Waals surface area contributed by atoms with E-state index in [0.717, 1.165) is 21.6 Å². The van der Waals surface area contributed by atoms with E-state index >= 15 is 0 Å². The topological polar surface area (TPSA) is 77.8 Å². The molecule has 0 saturated heterocycles.